The molecule has 0 N–H and O–H groups in total. The Labute approximate surface area is 368 Å². The van der Waals surface area contributed by atoms with Gasteiger partial charge in [0.15, 0.2) is 17.5 Å². The predicted octanol–water partition coefficient (Wildman–Crippen LogP) is 15.5. The quantitative estimate of drug-likeness (QED) is 0.168. The average molecular weight is 817 g/mol. The maximum absolute atomic E-state index is 6.90. The van der Waals surface area contributed by atoms with Crippen LogP contribution in [0.1, 0.15) is 0 Å². The lowest BCUT2D eigenvalue weighted by molar-refractivity contribution is 0.668. The fourth-order valence-corrected chi connectivity index (χ4v) is 9.55. The van der Waals surface area contributed by atoms with Crippen molar-refractivity contribution >= 4 is 65.3 Å². The summed E-state index contributed by atoms with van der Waals surface area (Å²) in [6.07, 6.45) is 0. The van der Waals surface area contributed by atoms with Crippen LogP contribution in [0.2, 0.25) is 0 Å². The van der Waals surface area contributed by atoms with Crippen LogP contribution in [0, 0.1) is 0 Å². The summed E-state index contributed by atoms with van der Waals surface area (Å²) in [6, 6.07) is 76.9. The number of fused-ring (bicyclic) bond motifs is 8. The van der Waals surface area contributed by atoms with Gasteiger partial charge in [0.05, 0.1) is 16.7 Å². The van der Waals surface area contributed by atoms with Gasteiger partial charge in [-0.05, 0) is 80.7 Å². The molecular weight excluding hydrogens is 781 g/mol. The summed E-state index contributed by atoms with van der Waals surface area (Å²) in [5, 5.41) is 9.05. The van der Waals surface area contributed by atoms with Crippen LogP contribution in [0.3, 0.4) is 0 Å². The van der Waals surface area contributed by atoms with E-state index in [0.29, 0.717) is 17.5 Å². The molecule has 64 heavy (non-hydrogen) atoms. The van der Waals surface area contributed by atoms with Crippen LogP contribution in [0.25, 0.3) is 127 Å². The van der Waals surface area contributed by atoms with Crippen LogP contribution in [-0.4, -0.2) is 19.5 Å². The number of benzene rings is 10. The molecule has 10 aromatic carbocycles. The molecule has 298 valence electrons. The number of aromatic nitrogens is 4. The van der Waals surface area contributed by atoms with E-state index in [1.54, 1.807) is 0 Å². The van der Waals surface area contributed by atoms with E-state index in [1.807, 2.05) is 18.2 Å². The van der Waals surface area contributed by atoms with Crippen LogP contribution >= 0.6 is 0 Å². The molecule has 0 aliphatic rings. The summed E-state index contributed by atoms with van der Waals surface area (Å²) >= 11 is 0. The number of hydrogen-bond donors (Lipinski definition) is 0. The second-order valence-corrected chi connectivity index (χ2v) is 16.4. The Morgan fingerprint density at radius 3 is 1.72 bits per heavy atom. The standard InChI is InChI=1S/C59H36N4O/c1-3-15-37(16-4-1)41-23-13-24-44(31-41)57-60-58(45-30-29-38-17-7-8-20-40(38)32-45)62-59(61-57)47-26-14-28-54-56(47)50-35-48(39-18-5-2-6-19-39)53(36-55(50)64-54)63-51-27-12-11-25-46(51)49-33-42-21-9-10-22-43(42)34-52(49)63/h1-36H. The molecular formula is C59H36N4O. The zero-order valence-corrected chi connectivity index (χ0v) is 34.5. The minimum atomic E-state index is 0.575. The summed E-state index contributed by atoms with van der Waals surface area (Å²) in [5.41, 5.74) is 12.0. The van der Waals surface area contributed by atoms with E-state index in [4.69, 9.17) is 19.4 Å². The highest BCUT2D eigenvalue weighted by Gasteiger charge is 2.23. The van der Waals surface area contributed by atoms with E-state index >= 15 is 0 Å². The van der Waals surface area contributed by atoms with Gasteiger partial charge in [-0.15, -0.1) is 0 Å². The average Bonchev–Trinajstić information content (AvgIpc) is 3.90. The second-order valence-electron chi connectivity index (χ2n) is 16.4. The van der Waals surface area contributed by atoms with E-state index in [0.717, 1.165) is 88.4 Å². The van der Waals surface area contributed by atoms with Crippen molar-refractivity contribution in [1.29, 1.82) is 0 Å². The number of nitrogens with zero attached hydrogens (tertiary/aromatic N) is 4. The molecule has 5 heteroatoms. The normalized spacial score (nSPS) is 11.8. The summed E-state index contributed by atoms with van der Waals surface area (Å²) in [6.45, 7) is 0. The highest BCUT2D eigenvalue weighted by Crippen LogP contribution is 2.44. The first-order valence-electron chi connectivity index (χ1n) is 21.6. The molecule has 5 nitrogen and oxygen atoms in total. The smallest absolute Gasteiger partial charge is 0.164 e. The lowest BCUT2D eigenvalue weighted by Crippen LogP contribution is -2.01. The van der Waals surface area contributed by atoms with Gasteiger partial charge in [-0.1, -0.05) is 170 Å². The molecule has 3 aromatic heterocycles. The minimum Gasteiger partial charge on any atom is -0.456 e. The van der Waals surface area contributed by atoms with Gasteiger partial charge < -0.3 is 8.98 Å². The molecule has 0 radical (unpaired) electrons. The largest absolute Gasteiger partial charge is 0.456 e. The van der Waals surface area contributed by atoms with Crippen molar-refractivity contribution in [3.05, 3.63) is 218 Å². The summed E-state index contributed by atoms with van der Waals surface area (Å²) < 4.78 is 9.30. The highest BCUT2D eigenvalue weighted by molar-refractivity contribution is 6.16. The monoisotopic (exact) mass is 816 g/mol. The van der Waals surface area contributed by atoms with Gasteiger partial charge in [0.1, 0.15) is 11.2 Å². The molecule has 0 saturated heterocycles. The fourth-order valence-electron chi connectivity index (χ4n) is 9.55. The van der Waals surface area contributed by atoms with Crippen LogP contribution < -0.4 is 0 Å². The van der Waals surface area contributed by atoms with Crippen molar-refractivity contribution in [3.63, 3.8) is 0 Å². The molecule has 3 heterocycles. The fraction of sp³-hybridized carbons (Fsp3) is 0. The van der Waals surface area contributed by atoms with Gasteiger partial charge in [-0.2, -0.15) is 0 Å². The maximum Gasteiger partial charge on any atom is 0.164 e. The number of furan rings is 1. The first-order valence-corrected chi connectivity index (χ1v) is 21.6. The van der Waals surface area contributed by atoms with Crippen molar-refractivity contribution in [2.45, 2.75) is 0 Å². The molecule has 0 spiro atoms. The third-order valence-corrected chi connectivity index (χ3v) is 12.6. The molecule has 0 aliphatic carbocycles. The van der Waals surface area contributed by atoms with Crippen molar-refractivity contribution in [2.24, 2.45) is 0 Å². The van der Waals surface area contributed by atoms with Crippen molar-refractivity contribution in [1.82, 2.24) is 19.5 Å². The first kappa shape index (κ1) is 36.0. The van der Waals surface area contributed by atoms with E-state index in [9.17, 15) is 0 Å². The topological polar surface area (TPSA) is 56.7 Å². The molecule has 0 saturated carbocycles. The van der Waals surface area contributed by atoms with Gasteiger partial charge in [0, 0.05) is 49.9 Å². The molecule has 0 fully saturated rings. The van der Waals surface area contributed by atoms with Gasteiger partial charge >= 0.3 is 0 Å². The molecule has 0 bridgehead atoms. The maximum atomic E-state index is 6.90. The van der Waals surface area contributed by atoms with Crippen molar-refractivity contribution < 1.29 is 4.42 Å². The summed E-state index contributed by atoms with van der Waals surface area (Å²) in [5.74, 6) is 1.78. The van der Waals surface area contributed by atoms with Crippen LogP contribution in [0.5, 0.6) is 0 Å². The Bertz CT molecular complexity index is 3960. The SMILES string of the molecule is c1ccc(-c2cccc(-c3nc(-c4ccc5ccccc5c4)nc(-c4cccc5oc6cc(-n7c8ccccc8c8cc9ccccc9cc87)c(-c7ccccc7)cc6c45)n3)c2)cc1. The van der Waals surface area contributed by atoms with Gasteiger partial charge in [0.25, 0.3) is 0 Å². The lowest BCUT2D eigenvalue weighted by Gasteiger charge is -2.15. The van der Waals surface area contributed by atoms with E-state index in [2.05, 4.69) is 205 Å². The number of rotatable bonds is 6. The molecule has 13 rings (SSSR count). The molecule has 0 amide bonds. The highest BCUT2D eigenvalue weighted by atomic mass is 16.3. The number of hydrogen-bond acceptors (Lipinski definition) is 4. The molecule has 0 unspecified atom stereocenters. The Morgan fingerprint density at radius 1 is 0.312 bits per heavy atom. The zero-order chi connectivity index (χ0) is 42.1. The summed E-state index contributed by atoms with van der Waals surface area (Å²) in [4.78, 5) is 15.8. The predicted molar refractivity (Wildman–Crippen MR) is 264 cm³/mol. The molecule has 0 aliphatic heterocycles. The third-order valence-electron chi connectivity index (χ3n) is 12.6. The minimum absolute atomic E-state index is 0.575. The molecule has 13 aromatic rings. The Hall–Kier alpha value is -8.67. The summed E-state index contributed by atoms with van der Waals surface area (Å²) in [7, 11) is 0. The van der Waals surface area contributed by atoms with Crippen LogP contribution in [-0.2, 0) is 0 Å². The number of para-hydroxylation sites is 1. The van der Waals surface area contributed by atoms with Crippen LogP contribution in [0.4, 0.5) is 0 Å². The van der Waals surface area contributed by atoms with Gasteiger partial charge in [0.2, 0.25) is 0 Å². The van der Waals surface area contributed by atoms with Crippen molar-refractivity contribution in [2.75, 3.05) is 0 Å². The zero-order valence-electron chi connectivity index (χ0n) is 34.5. The lowest BCUT2D eigenvalue weighted by atomic mass is 9.98. The third kappa shape index (κ3) is 5.90. The Morgan fingerprint density at radius 2 is 0.922 bits per heavy atom. The Kier molecular flexibility index (Phi) is 8.15. The van der Waals surface area contributed by atoms with Crippen molar-refractivity contribution in [3.8, 4) is 62.1 Å². The first-order chi connectivity index (χ1) is 31.7. The molecule has 0 atom stereocenters. The Balaban J connectivity index is 1.07. The van der Waals surface area contributed by atoms with E-state index in [1.165, 1.54) is 21.5 Å². The van der Waals surface area contributed by atoms with E-state index < -0.39 is 0 Å². The second kappa shape index (κ2) is 14.5. The van der Waals surface area contributed by atoms with Gasteiger partial charge in [-0.3, -0.25) is 0 Å². The van der Waals surface area contributed by atoms with Gasteiger partial charge in [-0.25, -0.2) is 15.0 Å². The van der Waals surface area contributed by atoms with Crippen LogP contribution in [0.15, 0.2) is 223 Å². The van der Waals surface area contributed by atoms with E-state index in [-0.39, 0.29) is 0 Å².